The van der Waals surface area contributed by atoms with Crippen LogP contribution in [0.2, 0.25) is 0 Å². The molecule has 0 fully saturated rings. The van der Waals surface area contributed by atoms with E-state index < -0.39 is 17.0 Å². The Morgan fingerprint density at radius 2 is 1.82 bits per heavy atom. The molecule has 0 heterocycles. The largest absolute Gasteiger partial charge is 0.335 e. The number of halogens is 4. The summed E-state index contributed by atoms with van der Waals surface area (Å²) in [5.74, 6) is 0. The lowest BCUT2D eigenvalue weighted by Gasteiger charge is -2.27. The first-order chi connectivity index (χ1) is 4.87. The van der Waals surface area contributed by atoms with Crippen LogP contribution in [-0.4, -0.2) is 17.0 Å². The summed E-state index contributed by atoms with van der Waals surface area (Å²) in [5, 5.41) is 0. The average molecular weight is 234 g/mol. The monoisotopic (exact) mass is 233 g/mol. The predicted molar refractivity (Wildman–Crippen MR) is 41.7 cm³/mol. The fourth-order valence-corrected chi connectivity index (χ4v) is 1.12. The van der Waals surface area contributed by atoms with Crippen LogP contribution in [-0.2, 0) is 0 Å². The van der Waals surface area contributed by atoms with Gasteiger partial charge >= 0.3 is 4.83 Å². The van der Waals surface area contributed by atoms with E-state index in [1.54, 1.807) is 6.92 Å². The van der Waals surface area contributed by atoms with Gasteiger partial charge in [-0.2, -0.15) is 8.78 Å². The first-order valence-electron chi connectivity index (χ1n) is 3.33. The van der Waals surface area contributed by atoms with Crippen LogP contribution < -0.4 is 5.73 Å². The standard InChI is InChI=1S/C6H11BrF3N/c1-2-3-5(8,4-11)6(7,9)10/h2-4,11H2,1H3. The molecule has 0 amide bonds. The van der Waals surface area contributed by atoms with Gasteiger partial charge in [0.05, 0.1) is 0 Å². The molecule has 5 heteroatoms. The molecule has 11 heavy (non-hydrogen) atoms. The summed E-state index contributed by atoms with van der Waals surface area (Å²) in [6.07, 6.45) is 0.108. The summed E-state index contributed by atoms with van der Waals surface area (Å²) in [6, 6.07) is 0. The molecule has 0 rings (SSSR count). The van der Waals surface area contributed by atoms with Crippen LogP contribution in [0.4, 0.5) is 13.2 Å². The van der Waals surface area contributed by atoms with Crippen molar-refractivity contribution in [3.8, 4) is 0 Å². The second kappa shape index (κ2) is 3.76. The Kier molecular flexibility index (Phi) is 3.84. The van der Waals surface area contributed by atoms with E-state index in [9.17, 15) is 13.2 Å². The van der Waals surface area contributed by atoms with E-state index in [1.807, 2.05) is 15.9 Å². The molecule has 68 valence electrons. The maximum Gasteiger partial charge on any atom is 0.335 e. The minimum atomic E-state index is -3.52. The van der Waals surface area contributed by atoms with Gasteiger partial charge in [-0.05, 0) is 22.4 Å². The molecule has 0 bridgehead atoms. The normalized spacial score (nSPS) is 18.0. The minimum absolute atomic E-state index is 0.234. The van der Waals surface area contributed by atoms with Crippen molar-refractivity contribution in [2.24, 2.45) is 5.73 Å². The third kappa shape index (κ3) is 2.63. The van der Waals surface area contributed by atoms with Crippen molar-refractivity contribution in [2.45, 2.75) is 30.3 Å². The second-order valence-corrected chi connectivity index (χ2v) is 3.41. The van der Waals surface area contributed by atoms with Crippen LogP contribution in [0.25, 0.3) is 0 Å². The van der Waals surface area contributed by atoms with Crippen molar-refractivity contribution in [3.63, 3.8) is 0 Å². The van der Waals surface area contributed by atoms with Crippen molar-refractivity contribution >= 4 is 15.9 Å². The van der Waals surface area contributed by atoms with Gasteiger partial charge in [0, 0.05) is 6.54 Å². The molecule has 1 unspecified atom stereocenters. The first-order valence-corrected chi connectivity index (χ1v) is 4.12. The molecule has 0 aliphatic rings. The Morgan fingerprint density at radius 3 is 1.91 bits per heavy atom. The number of hydrogen-bond acceptors (Lipinski definition) is 1. The van der Waals surface area contributed by atoms with Crippen molar-refractivity contribution < 1.29 is 13.2 Å². The molecule has 0 aromatic heterocycles. The number of hydrogen-bond donors (Lipinski definition) is 1. The summed E-state index contributed by atoms with van der Waals surface area (Å²) in [6.45, 7) is 0.960. The smallest absolute Gasteiger partial charge is 0.327 e. The quantitative estimate of drug-likeness (QED) is 0.743. The van der Waals surface area contributed by atoms with E-state index in [2.05, 4.69) is 0 Å². The molecule has 0 aliphatic heterocycles. The lowest BCUT2D eigenvalue weighted by Crippen LogP contribution is -2.46. The zero-order valence-corrected chi connectivity index (χ0v) is 7.80. The van der Waals surface area contributed by atoms with Gasteiger partial charge in [0.25, 0.3) is 0 Å². The van der Waals surface area contributed by atoms with Crippen LogP contribution in [0, 0.1) is 0 Å². The topological polar surface area (TPSA) is 26.0 Å². The Balaban J connectivity index is 4.33. The molecule has 1 nitrogen and oxygen atoms in total. The van der Waals surface area contributed by atoms with E-state index >= 15 is 0 Å². The average Bonchev–Trinajstić information content (AvgIpc) is 1.86. The number of alkyl halides is 4. The molecule has 0 aliphatic carbocycles. The second-order valence-electron chi connectivity index (χ2n) is 2.42. The lowest BCUT2D eigenvalue weighted by atomic mass is 10.0. The summed E-state index contributed by atoms with van der Waals surface area (Å²) < 4.78 is 37.9. The van der Waals surface area contributed by atoms with E-state index in [1.165, 1.54) is 0 Å². The zero-order valence-electron chi connectivity index (χ0n) is 6.21. The SMILES string of the molecule is CCCC(F)(CN)C(F)(F)Br. The fourth-order valence-electron chi connectivity index (χ4n) is 0.756. The first kappa shape index (κ1) is 11.2. The van der Waals surface area contributed by atoms with Crippen molar-refractivity contribution in [2.75, 3.05) is 6.54 Å². The third-order valence-corrected chi connectivity index (χ3v) is 2.19. The molecule has 0 aromatic rings. The van der Waals surface area contributed by atoms with Crippen LogP contribution in [0.15, 0.2) is 0 Å². The number of rotatable bonds is 4. The highest BCUT2D eigenvalue weighted by Gasteiger charge is 2.51. The summed E-state index contributed by atoms with van der Waals surface area (Å²) in [4.78, 5) is -3.52. The maximum atomic E-state index is 13.1. The Labute approximate surface area is 72.3 Å². The Bertz CT molecular complexity index is 125. The number of nitrogens with two attached hydrogens (primary N) is 1. The van der Waals surface area contributed by atoms with Gasteiger partial charge in [0.15, 0.2) is 5.67 Å². The van der Waals surface area contributed by atoms with Gasteiger partial charge in [-0.3, -0.25) is 0 Å². The minimum Gasteiger partial charge on any atom is -0.327 e. The van der Waals surface area contributed by atoms with Crippen LogP contribution in [0.5, 0.6) is 0 Å². The molecule has 0 saturated heterocycles. The zero-order chi connectivity index (χ0) is 9.12. The summed E-state index contributed by atoms with van der Waals surface area (Å²) in [7, 11) is 0. The molecule has 0 spiro atoms. The third-order valence-electron chi connectivity index (χ3n) is 1.48. The van der Waals surface area contributed by atoms with E-state index in [0.717, 1.165) is 0 Å². The molecule has 0 aromatic carbocycles. The van der Waals surface area contributed by atoms with E-state index in [4.69, 9.17) is 5.73 Å². The molecule has 1 atom stereocenters. The van der Waals surface area contributed by atoms with Crippen LogP contribution in [0.1, 0.15) is 19.8 Å². The van der Waals surface area contributed by atoms with Gasteiger partial charge in [0.1, 0.15) is 0 Å². The van der Waals surface area contributed by atoms with Crippen LogP contribution >= 0.6 is 15.9 Å². The lowest BCUT2D eigenvalue weighted by molar-refractivity contribution is -0.0577. The molecule has 0 saturated carbocycles. The summed E-state index contributed by atoms with van der Waals surface area (Å²) >= 11 is 1.97. The van der Waals surface area contributed by atoms with E-state index in [-0.39, 0.29) is 6.42 Å². The molecule has 0 radical (unpaired) electrons. The molecular formula is C6H11BrF3N. The maximum absolute atomic E-state index is 13.1. The summed E-state index contributed by atoms with van der Waals surface area (Å²) in [5.41, 5.74) is 2.28. The Morgan fingerprint density at radius 1 is 1.36 bits per heavy atom. The van der Waals surface area contributed by atoms with Crippen molar-refractivity contribution in [3.05, 3.63) is 0 Å². The fraction of sp³-hybridized carbons (Fsp3) is 1.00. The van der Waals surface area contributed by atoms with Gasteiger partial charge in [-0.1, -0.05) is 13.3 Å². The van der Waals surface area contributed by atoms with Gasteiger partial charge in [-0.25, -0.2) is 4.39 Å². The van der Waals surface area contributed by atoms with Gasteiger partial charge in [-0.15, -0.1) is 0 Å². The van der Waals surface area contributed by atoms with E-state index in [0.29, 0.717) is 6.42 Å². The predicted octanol–water partition coefficient (Wildman–Crippen LogP) is 2.44. The Hall–Kier alpha value is 0.230. The van der Waals surface area contributed by atoms with Crippen molar-refractivity contribution in [1.82, 2.24) is 0 Å². The molecule has 2 N–H and O–H groups in total. The van der Waals surface area contributed by atoms with Crippen molar-refractivity contribution in [1.29, 1.82) is 0 Å². The van der Waals surface area contributed by atoms with Gasteiger partial charge in [0.2, 0.25) is 0 Å². The highest BCUT2D eigenvalue weighted by atomic mass is 79.9. The molecular weight excluding hydrogens is 223 g/mol. The van der Waals surface area contributed by atoms with Crippen LogP contribution in [0.3, 0.4) is 0 Å². The highest BCUT2D eigenvalue weighted by Crippen LogP contribution is 2.40. The highest BCUT2D eigenvalue weighted by molar-refractivity contribution is 9.10. The van der Waals surface area contributed by atoms with Gasteiger partial charge < -0.3 is 5.73 Å².